The zero-order chi connectivity index (χ0) is 12.3. The lowest BCUT2D eigenvalue weighted by molar-refractivity contribution is 0.231. The lowest BCUT2D eigenvalue weighted by Gasteiger charge is -2.16. The Balaban J connectivity index is 1.87. The highest BCUT2D eigenvalue weighted by Crippen LogP contribution is 2.25. The lowest BCUT2D eigenvalue weighted by atomic mass is 10.3. The van der Waals surface area contributed by atoms with E-state index in [0.29, 0.717) is 18.1 Å². The van der Waals surface area contributed by atoms with E-state index >= 15 is 0 Å². The molecule has 1 fully saturated rings. The van der Waals surface area contributed by atoms with Gasteiger partial charge in [0.2, 0.25) is 0 Å². The second kappa shape index (κ2) is 5.14. The number of likely N-dealkylation sites (N-methyl/N-ethyl adjacent to an activating group) is 1. The third-order valence-corrected chi connectivity index (χ3v) is 2.90. The molecule has 5 heteroatoms. The maximum Gasteiger partial charge on any atom is 0.148 e. The monoisotopic (exact) mass is 234 g/mol. The van der Waals surface area contributed by atoms with Crippen LogP contribution in [-0.2, 0) is 0 Å². The number of hydrogen-bond acceptors (Lipinski definition) is 4. The third kappa shape index (κ3) is 3.17. The van der Waals surface area contributed by atoms with Crippen molar-refractivity contribution in [2.75, 3.05) is 20.2 Å². The predicted molar refractivity (Wildman–Crippen MR) is 66.4 cm³/mol. The van der Waals surface area contributed by atoms with Gasteiger partial charge in [0.15, 0.2) is 0 Å². The molecule has 17 heavy (non-hydrogen) atoms. The molecular weight excluding hydrogens is 216 g/mol. The highest BCUT2D eigenvalue weighted by Gasteiger charge is 2.25. The van der Waals surface area contributed by atoms with Gasteiger partial charge in [0.25, 0.3) is 0 Å². The first kappa shape index (κ1) is 11.9. The van der Waals surface area contributed by atoms with Crippen LogP contribution < -0.4 is 10.5 Å². The molecule has 92 valence electrons. The fourth-order valence-corrected chi connectivity index (χ4v) is 1.71. The van der Waals surface area contributed by atoms with E-state index in [1.54, 1.807) is 18.3 Å². The first-order valence-electron chi connectivity index (χ1n) is 5.81. The molecule has 0 amide bonds. The Morgan fingerprint density at radius 3 is 3.06 bits per heavy atom. The predicted octanol–water partition coefficient (Wildman–Crippen LogP) is 0.839. The lowest BCUT2D eigenvalue weighted by Crippen LogP contribution is -2.26. The summed E-state index contributed by atoms with van der Waals surface area (Å²) in [6.45, 7) is 1.48. The van der Waals surface area contributed by atoms with Gasteiger partial charge in [-0.15, -0.1) is 0 Å². The topological polar surface area (TPSA) is 75.2 Å². The molecular formula is C12H18N4O. The molecule has 1 aromatic heterocycles. The van der Waals surface area contributed by atoms with Crippen LogP contribution in [-0.4, -0.2) is 42.0 Å². The number of rotatable bonds is 6. The van der Waals surface area contributed by atoms with E-state index in [0.717, 1.165) is 12.6 Å². The van der Waals surface area contributed by atoms with Gasteiger partial charge in [-0.05, 0) is 32.0 Å². The SMILES string of the molecule is CN(CCOc1cccnc1C(=N)N)C1CC1. The fraction of sp³-hybridized carbons (Fsp3) is 0.500. The molecule has 1 aliphatic rings. The summed E-state index contributed by atoms with van der Waals surface area (Å²) >= 11 is 0. The van der Waals surface area contributed by atoms with Gasteiger partial charge in [-0.2, -0.15) is 0 Å². The normalized spacial score (nSPS) is 14.9. The highest BCUT2D eigenvalue weighted by atomic mass is 16.5. The summed E-state index contributed by atoms with van der Waals surface area (Å²) in [7, 11) is 2.11. The summed E-state index contributed by atoms with van der Waals surface area (Å²) in [5, 5.41) is 7.40. The van der Waals surface area contributed by atoms with Crippen LogP contribution in [0.4, 0.5) is 0 Å². The van der Waals surface area contributed by atoms with Gasteiger partial charge in [-0.3, -0.25) is 5.41 Å². The molecule has 1 aromatic rings. The molecule has 0 atom stereocenters. The molecule has 1 aliphatic carbocycles. The number of nitrogens with one attached hydrogen (secondary N) is 1. The van der Waals surface area contributed by atoms with Gasteiger partial charge in [0.1, 0.15) is 23.9 Å². The number of nitrogens with two attached hydrogens (primary N) is 1. The van der Waals surface area contributed by atoms with Gasteiger partial charge in [0.05, 0.1) is 0 Å². The second-order valence-corrected chi connectivity index (χ2v) is 4.32. The van der Waals surface area contributed by atoms with E-state index in [9.17, 15) is 0 Å². The molecule has 5 nitrogen and oxygen atoms in total. The van der Waals surface area contributed by atoms with E-state index in [1.165, 1.54) is 12.8 Å². The standard InChI is InChI=1S/C12H18N4O/c1-16(9-4-5-9)7-8-17-10-3-2-6-15-11(10)12(13)14/h2-3,6,9H,4-5,7-8H2,1H3,(H3,13,14). The number of nitrogens with zero attached hydrogens (tertiary/aromatic N) is 2. The smallest absolute Gasteiger partial charge is 0.148 e. The molecule has 3 N–H and O–H groups in total. The van der Waals surface area contributed by atoms with Crippen LogP contribution in [0.1, 0.15) is 18.5 Å². The van der Waals surface area contributed by atoms with Crippen LogP contribution in [0.15, 0.2) is 18.3 Å². The molecule has 1 saturated carbocycles. The van der Waals surface area contributed by atoms with Gasteiger partial charge < -0.3 is 15.4 Å². The van der Waals surface area contributed by atoms with Crippen molar-refractivity contribution in [3.63, 3.8) is 0 Å². The zero-order valence-electron chi connectivity index (χ0n) is 10.0. The highest BCUT2D eigenvalue weighted by molar-refractivity contribution is 5.95. The van der Waals surface area contributed by atoms with Crippen molar-refractivity contribution in [1.29, 1.82) is 5.41 Å². The summed E-state index contributed by atoms with van der Waals surface area (Å²) in [4.78, 5) is 6.33. The van der Waals surface area contributed by atoms with Gasteiger partial charge in [-0.1, -0.05) is 0 Å². The number of amidine groups is 1. The van der Waals surface area contributed by atoms with Gasteiger partial charge >= 0.3 is 0 Å². The van der Waals surface area contributed by atoms with E-state index in [4.69, 9.17) is 15.9 Å². The summed E-state index contributed by atoms with van der Waals surface area (Å²) in [6, 6.07) is 4.31. The maximum atomic E-state index is 7.40. The minimum absolute atomic E-state index is 0.0591. The number of ether oxygens (including phenoxy) is 1. The molecule has 2 rings (SSSR count). The quantitative estimate of drug-likeness (QED) is 0.565. The van der Waals surface area contributed by atoms with Crippen LogP contribution in [0.2, 0.25) is 0 Å². The summed E-state index contributed by atoms with van der Waals surface area (Å²) < 4.78 is 5.62. The Morgan fingerprint density at radius 1 is 1.65 bits per heavy atom. The maximum absolute atomic E-state index is 7.40. The van der Waals surface area contributed by atoms with Crippen LogP contribution in [0.3, 0.4) is 0 Å². The molecule has 0 saturated heterocycles. The van der Waals surface area contributed by atoms with Crippen molar-refractivity contribution in [2.45, 2.75) is 18.9 Å². The van der Waals surface area contributed by atoms with E-state index in [1.807, 2.05) is 0 Å². The van der Waals surface area contributed by atoms with E-state index in [-0.39, 0.29) is 5.84 Å². The average molecular weight is 234 g/mol. The first-order chi connectivity index (χ1) is 8.18. The summed E-state index contributed by atoms with van der Waals surface area (Å²) in [5.74, 6) is 0.528. The third-order valence-electron chi connectivity index (χ3n) is 2.90. The molecule has 0 spiro atoms. The summed E-state index contributed by atoms with van der Waals surface area (Å²) in [5.41, 5.74) is 5.85. The van der Waals surface area contributed by atoms with Gasteiger partial charge in [-0.25, -0.2) is 4.98 Å². The van der Waals surface area contributed by atoms with Crippen LogP contribution in [0.5, 0.6) is 5.75 Å². The van der Waals surface area contributed by atoms with Crippen molar-refractivity contribution in [3.8, 4) is 5.75 Å². The van der Waals surface area contributed by atoms with Crippen molar-refractivity contribution >= 4 is 5.84 Å². The minimum Gasteiger partial charge on any atom is -0.490 e. The largest absolute Gasteiger partial charge is 0.490 e. The molecule has 0 radical (unpaired) electrons. The minimum atomic E-state index is -0.0591. The molecule has 0 bridgehead atoms. The Morgan fingerprint density at radius 2 is 2.41 bits per heavy atom. The van der Waals surface area contributed by atoms with Crippen LogP contribution >= 0.6 is 0 Å². The Kier molecular flexibility index (Phi) is 3.58. The van der Waals surface area contributed by atoms with Crippen molar-refractivity contribution in [2.24, 2.45) is 5.73 Å². The molecule has 0 aliphatic heterocycles. The summed E-state index contributed by atoms with van der Waals surface area (Å²) in [6.07, 6.45) is 4.20. The van der Waals surface area contributed by atoms with Crippen molar-refractivity contribution in [3.05, 3.63) is 24.0 Å². The fourth-order valence-electron chi connectivity index (χ4n) is 1.71. The molecule has 0 aromatic carbocycles. The van der Waals surface area contributed by atoms with Gasteiger partial charge in [0, 0.05) is 18.8 Å². The molecule has 1 heterocycles. The zero-order valence-corrected chi connectivity index (χ0v) is 10.0. The van der Waals surface area contributed by atoms with Crippen molar-refractivity contribution in [1.82, 2.24) is 9.88 Å². The molecule has 0 unspecified atom stereocenters. The average Bonchev–Trinajstić information content (AvgIpc) is 3.13. The van der Waals surface area contributed by atoms with E-state index < -0.39 is 0 Å². The Bertz CT molecular complexity index is 403. The van der Waals surface area contributed by atoms with Crippen LogP contribution in [0.25, 0.3) is 0 Å². The van der Waals surface area contributed by atoms with E-state index in [2.05, 4.69) is 16.9 Å². The second-order valence-electron chi connectivity index (χ2n) is 4.32. The first-order valence-corrected chi connectivity index (χ1v) is 5.81. The Labute approximate surface area is 101 Å². The van der Waals surface area contributed by atoms with Crippen LogP contribution in [0, 0.1) is 5.41 Å². The number of nitrogen functional groups attached to an aromatic ring is 1. The number of aromatic nitrogens is 1. The number of hydrogen-bond donors (Lipinski definition) is 2. The van der Waals surface area contributed by atoms with Crippen molar-refractivity contribution < 1.29 is 4.74 Å². The number of pyridine rings is 1. The Hall–Kier alpha value is -1.62.